The smallest absolute Gasteiger partial charge is 0.248 e. The molecule has 1 aliphatic rings. The van der Waals surface area contributed by atoms with Crippen molar-refractivity contribution in [1.82, 2.24) is 19.9 Å². The van der Waals surface area contributed by atoms with E-state index in [1.165, 1.54) is 0 Å². The van der Waals surface area contributed by atoms with Crippen LogP contribution in [0.25, 0.3) is 0 Å². The number of likely N-dealkylation sites (tertiary alicyclic amines) is 1. The summed E-state index contributed by atoms with van der Waals surface area (Å²) < 4.78 is 6.87. The van der Waals surface area contributed by atoms with E-state index in [2.05, 4.69) is 10.3 Å². The van der Waals surface area contributed by atoms with Crippen LogP contribution in [0.2, 0.25) is 0 Å². The maximum absolute atomic E-state index is 12.0. The molecule has 1 amide bonds. The van der Waals surface area contributed by atoms with Gasteiger partial charge in [0, 0.05) is 19.3 Å². The second kappa shape index (κ2) is 6.81. The number of aliphatic hydroxyl groups is 1. The van der Waals surface area contributed by atoms with Gasteiger partial charge in [-0.25, -0.2) is 4.68 Å². The maximum Gasteiger partial charge on any atom is 0.248 e. The van der Waals surface area contributed by atoms with Crippen molar-refractivity contribution < 1.29 is 14.6 Å². The molecule has 1 saturated heterocycles. The third-order valence-electron chi connectivity index (χ3n) is 3.41. The third kappa shape index (κ3) is 4.01. The fourth-order valence-electron chi connectivity index (χ4n) is 2.47. The zero-order chi connectivity index (χ0) is 14.4. The van der Waals surface area contributed by atoms with Crippen molar-refractivity contribution in [2.24, 2.45) is 0 Å². The Morgan fingerprint density at radius 1 is 1.55 bits per heavy atom. The van der Waals surface area contributed by atoms with Gasteiger partial charge < -0.3 is 14.7 Å². The van der Waals surface area contributed by atoms with E-state index in [4.69, 9.17) is 4.74 Å². The Labute approximate surface area is 118 Å². The molecular weight excluding hydrogens is 260 g/mol. The van der Waals surface area contributed by atoms with Crippen LogP contribution in [-0.4, -0.2) is 62.8 Å². The topological polar surface area (TPSA) is 80.5 Å². The van der Waals surface area contributed by atoms with Crippen LogP contribution in [-0.2, 0) is 16.1 Å². The summed E-state index contributed by atoms with van der Waals surface area (Å²) in [5.74, 6) is -0.0600. The molecule has 2 heterocycles. The summed E-state index contributed by atoms with van der Waals surface area (Å²) in [6.07, 6.45) is 5.62. The molecule has 1 aliphatic heterocycles. The van der Waals surface area contributed by atoms with Crippen LogP contribution >= 0.6 is 0 Å². The molecule has 1 aromatic rings. The van der Waals surface area contributed by atoms with E-state index in [0.29, 0.717) is 32.7 Å². The summed E-state index contributed by atoms with van der Waals surface area (Å²) in [6.45, 7) is 4.03. The standard InChI is InChI=1S/C13H22N4O3/c1-2-8-20-9-12(18)16-6-3-4-13(19,10-16)11-17-7-5-14-15-17/h5,7,19H,2-4,6,8-11H2,1H3. The maximum atomic E-state index is 12.0. The average Bonchev–Trinajstić information content (AvgIpc) is 2.91. The van der Waals surface area contributed by atoms with E-state index in [1.54, 1.807) is 22.0 Å². The summed E-state index contributed by atoms with van der Waals surface area (Å²) >= 11 is 0. The van der Waals surface area contributed by atoms with Crippen molar-refractivity contribution in [2.45, 2.75) is 38.3 Å². The molecule has 0 bridgehead atoms. The van der Waals surface area contributed by atoms with Crippen molar-refractivity contribution in [3.05, 3.63) is 12.4 Å². The van der Waals surface area contributed by atoms with Gasteiger partial charge in [0.2, 0.25) is 5.91 Å². The molecule has 20 heavy (non-hydrogen) atoms. The molecular formula is C13H22N4O3. The first-order chi connectivity index (χ1) is 9.63. The number of β-amino-alcohol motifs (C(OH)–C–C–N with tert-alkyl or cyclic N) is 1. The van der Waals surface area contributed by atoms with Crippen molar-refractivity contribution in [1.29, 1.82) is 0 Å². The van der Waals surface area contributed by atoms with E-state index in [9.17, 15) is 9.90 Å². The number of aromatic nitrogens is 3. The highest BCUT2D eigenvalue weighted by Gasteiger charge is 2.35. The Hall–Kier alpha value is -1.47. The van der Waals surface area contributed by atoms with Gasteiger partial charge in [-0.05, 0) is 19.3 Å². The molecule has 1 unspecified atom stereocenters. The summed E-state index contributed by atoms with van der Waals surface area (Å²) in [5, 5.41) is 18.2. The number of nitrogens with zero attached hydrogens (tertiary/aromatic N) is 4. The molecule has 112 valence electrons. The van der Waals surface area contributed by atoms with Gasteiger partial charge in [0.15, 0.2) is 0 Å². The van der Waals surface area contributed by atoms with E-state index < -0.39 is 5.60 Å². The first-order valence-corrected chi connectivity index (χ1v) is 7.05. The minimum absolute atomic E-state index is 0.0600. The van der Waals surface area contributed by atoms with Crippen molar-refractivity contribution >= 4 is 5.91 Å². The molecule has 7 nitrogen and oxygen atoms in total. The molecule has 0 aromatic carbocycles. The van der Waals surface area contributed by atoms with Crippen LogP contribution in [0.15, 0.2) is 12.4 Å². The minimum atomic E-state index is -0.938. The number of amides is 1. The predicted octanol–water partition coefficient (Wildman–Crippen LogP) is 0.0582. The van der Waals surface area contributed by atoms with Crippen LogP contribution in [0, 0.1) is 0 Å². The van der Waals surface area contributed by atoms with E-state index >= 15 is 0 Å². The first kappa shape index (κ1) is 14.9. The van der Waals surface area contributed by atoms with Crippen LogP contribution in [0.4, 0.5) is 0 Å². The fraction of sp³-hybridized carbons (Fsp3) is 0.769. The highest BCUT2D eigenvalue weighted by Crippen LogP contribution is 2.22. The average molecular weight is 282 g/mol. The Morgan fingerprint density at radius 2 is 2.40 bits per heavy atom. The summed E-state index contributed by atoms with van der Waals surface area (Å²) in [7, 11) is 0. The van der Waals surface area contributed by atoms with Crippen molar-refractivity contribution in [3.8, 4) is 0 Å². The normalized spacial score (nSPS) is 23.0. The number of hydrogen-bond donors (Lipinski definition) is 1. The number of ether oxygens (including phenoxy) is 1. The summed E-state index contributed by atoms with van der Waals surface area (Å²) in [5.41, 5.74) is -0.938. The lowest BCUT2D eigenvalue weighted by Crippen LogP contribution is -2.53. The number of hydrogen-bond acceptors (Lipinski definition) is 5. The minimum Gasteiger partial charge on any atom is -0.386 e. The van der Waals surface area contributed by atoms with Crippen molar-refractivity contribution in [3.63, 3.8) is 0 Å². The van der Waals surface area contributed by atoms with Crippen LogP contribution in [0.3, 0.4) is 0 Å². The highest BCUT2D eigenvalue weighted by molar-refractivity contribution is 5.77. The van der Waals surface area contributed by atoms with Gasteiger partial charge >= 0.3 is 0 Å². The molecule has 1 fully saturated rings. The zero-order valence-corrected chi connectivity index (χ0v) is 11.9. The second-order valence-corrected chi connectivity index (χ2v) is 5.30. The Kier molecular flexibility index (Phi) is 5.08. The fourth-order valence-corrected chi connectivity index (χ4v) is 2.47. The Morgan fingerprint density at radius 3 is 3.10 bits per heavy atom. The molecule has 1 N–H and O–H groups in total. The molecule has 0 radical (unpaired) electrons. The van der Waals surface area contributed by atoms with Gasteiger partial charge in [0.1, 0.15) is 12.2 Å². The lowest BCUT2D eigenvalue weighted by molar-refractivity contribution is -0.144. The number of carbonyl (C=O) groups is 1. The zero-order valence-electron chi connectivity index (χ0n) is 11.9. The Balaban J connectivity index is 1.88. The van der Waals surface area contributed by atoms with Crippen LogP contribution < -0.4 is 0 Å². The second-order valence-electron chi connectivity index (χ2n) is 5.30. The van der Waals surface area contributed by atoms with Crippen molar-refractivity contribution in [2.75, 3.05) is 26.3 Å². The quantitative estimate of drug-likeness (QED) is 0.746. The summed E-state index contributed by atoms with van der Waals surface area (Å²) in [4.78, 5) is 13.7. The first-order valence-electron chi connectivity index (χ1n) is 7.05. The van der Waals surface area contributed by atoms with E-state index in [0.717, 1.165) is 12.8 Å². The molecule has 0 aliphatic carbocycles. The molecule has 7 heteroatoms. The molecule has 0 spiro atoms. The third-order valence-corrected chi connectivity index (χ3v) is 3.41. The summed E-state index contributed by atoms with van der Waals surface area (Å²) in [6, 6.07) is 0. The molecule has 2 rings (SSSR count). The SMILES string of the molecule is CCCOCC(=O)N1CCCC(O)(Cn2ccnn2)C1. The monoisotopic (exact) mass is 282 g/mol. The number of carbonyl (C=O) groups excluding carboxylic acids is 1. The van der Waals surface area contributed by atoms with Crippen LogP contribution in [0.1, 0.15) is 26.2 Å². The highest BCUT2D eigenvalue weighted by atomic mass is 16.5. The van der Waals surface area contributed by atoms with Gasteiger partial charge in [-0.2, -0.15) is 0 Å². The van der Waals surface area contributed by atoms with Gasteiger partial charge in [-0.3, -0.25) is 4.79 Å². The van der Waals surface area contributed by atoms with Gasteiger partial charge in [0.25, 0.3) is 0 Å². The van der Waals surface area contributed by atoms with Crippen LogP contribution in [0.5, 0.6) is 0 Å². The molecule has 1 atom stereocenters. The van der Waals surface area contributed by atoms with E-state index in [-0.39, 0.29) is 12.5 Å². The Bertz CT molecular complexity index is 423. The lowest BCUT2D eigenvalue weighted by atomic mass is 9.93. The number of rotatable bonds is 6. The molecule has 1 aromatic heterocycles. The largest absolute Gasteiger partial charge is 0.386 e. The number of piperidine rings is 1. The van der Waals surface area contributed by atoms with E-state index in [1.807, 2.05) is 6.92 Å². The predicted molar refractivity (Wildman–Crippen MR) is 71.9 cm³/mol. The van der Waals surface area contributed by atoms with Gasteiger partial charge in [-0.15, -0.1) is 5.10 Å². The molecule has 0 saturated carbocycles. The van der Waals surface area contributed by atoms with Gasteiger partial charge in [0.05, 0.1) is 19.3 Å². The van der Waals surface area contributed by atoms with Gasteiger partial charge in [-0.1, -0.05) is 12.1 Å². The lowest BCUT2D eigenvalue weighted by Gasteiger charge is -2.39.